The van der Waals surface area contributed by atoms with Gasteiger partial charge in [-0.1, -0.05) is 30.3 Å². The van der Waals surface area contributed by atoms with Gasteiger partial charge >= 0.3 is 11.9 Å². The summed E-state index contributed by atoms with van der Waals surface area (Å²) in [5, 5.41) is 0. The average molecular weight is 328 g/mol. The highest BCUT2D eigenvalue weighted by atomic mass is 16.5. The van der Waals surface area contributed by atoms with Crippen LogP contribution in [-0.4, -0.2) is 25.2 Å². The highest BCUT2D eigenvalue weighted by Gasteiger charge is 2.20. The van der Waals surface area contributed by atoms with E-state index in [9.17, 15) is 9.59 Å². The Hall–Kier alpha value is -2.82. The van der Waals surface area contributed by atoms with Gasteiger partial charge < -0.3 is 14.2 Å². The molecule has 0 spiro atoms. The van der Waals surface area contributed by atoms with Crippen molar-refractivity contribution >= 4 is 11.9 Å². The quantitative estimate of drug-likeness (QED) is 0.727. The fourth-order valence-corrected chi connectivity index (χ4v) is 2.12. The van der Waals surface area contributed by atoms with E-state index in [1.807, 2.05) is 30.3 Å². The predicted molar refractivity (Wildman–Crippen MR) is 89.1 cm³/mol. The number of hydrogen-bond acceptors (Lipinski definition) is 5. The van der Waals surface area contributed by atoms with Gasteiger partial charge in [-0.15, -0.1) is 0 Å². The molecule has 0 amide bonds. The summed E-state index contributed by atoms with van der Waals surface area (Å²) in [6.07, 6.45) is 0. The standard InChI is InChI=1S/C19H20O5/c1-3-22-18(20)16-11-10-15(12-17(16)19(21)23-4-2)24-13-14-8-6-5-7-9-14/h5-12H,3-4,13H2,1-2H3. The van der Waals surface area contributed by atoms with Gasteiger partial charge in [-0.25, -0.2) is 9.59 Å². The second-order valence-electron chi connectivity index (χ2n) is 4.92. The molecule has 0 bridgehead atoms. The molecule has 2 aromatic carbocycles. The number of carbonyl (C=O) groups excluding carboxylic acids is 2. The monoisotopic (exact) mass is 328 g/mol. The van der Waals surface area contributed by atoms with E-state index in [4.69, 9.17) is 14.2 Å². The number of ether oxygens (including phenoxy) is 3. The van der Waals surface area contributed by atoms with Gasteiger partial charge in [0.05, 0.1) is 24.3 Å². The van der Waals surface area contributed by atoms with Gasteiger partial charge in [0.15, 0.2) is 0 Å². The first-order chi connectivity index (χ1) is 11.7. The zero-order valence-electron chi connectivity index (χ0n) is 13.8. The fraction of sp³-hybridized carbons (Fsp3) is 0.263. The minimum atomic E-state index is -0.578. The molecule has 0 unspecified atom stereocenters. The van der Waals surface area contributed by atoms with Crippen LogP contribution in [0, 0.1) is 0 Å². The third-order valence-corrected chi connectivity index (χ3v) is 3.23. The lowest BCUT2D eigenvalue weighted by Crippen LogP contribution is -2.14. The summed E-state index contributed by atoms with van der Waals surface area (Å²) in [6, 6.07) is 14.3. The molecule has 2 rings (SSSR count). The lowest BCUT2D eigenvalue weighted by atomic mass is 10.1. The van der Waals surface area contributed by atoms with Crippen molar-refractivity contribution in [2.75, 3.05) is 13.2 Å². The van der Waals surface area contributed by atoms with Crippen molar-refractivity contribution < 1.29 is 23.8 Å². The molecule has 0 aliphatic rings. The summed E-state index contributed by atoms with van der Waals surface area (Å²) >= 11 is 0. The van der Waals surface area contributed by atoms with Crippen molar-refractivity contribution in [3.63, 3.8) is 0 Å². The van der Waals surface area contributed by atoms with Gasteiger partial charge in [-0.05, 0) is 37.6 Å². The van der Waals surface area contributed by atoms with E-state index >= 15 is 0 Å². The second kappa shape index (κ2) is 8.72. The number of carbonyl (C=O) groups is 2. The molecular formula is C19H20O5. The smallest absolute Gasteiger partial charge is 0.339 e. The normalized spacial score (nSPS) is 10.1. The van der Waals surface area contributed by atoms with Crippen LogP contribution in [0.1, 0.15) is 40.1 Å². The van der Waals surface area contributed by atoms with Crippen LogP contribution in [0.4, 0.5) is 0 Å². The first-order valence-corrected chi connectivity index (χ1v) is 7.80. The maximum Gasteiger partial charge on any atom is 0.339 e. The number of hydrogen-bond donors (Lipinski definition) is 0. The Balaban J connectivity index is 2.22. The highest BCUT2D eigenvalue weighted by Crippen LogP contribution is 2.21. The zero-order valence-corrected chi connectivity index (χ0v) is 13.8. The molecule has 2 aromatic rings. The van der Waals surface area contributed by atoms with E-state index in [2.05, 4.69) is 0 Å². The number of benzene rings is 2. The Morgan fingerprint density at radius 1 is 0.833 bits per heavy atom. The largest absolute Gasteiger partial charge is 0.489 e. The lowest BCUT2D eigenvalue weighted by molar-refractivity contribution is 0.0478. The Kier molecular flexibility index (Phi) is 6.37. The minimum Gasteiger partial charge on any atom is -0.489 e. The summed E-state index contributed by atoms with van der Waals surface area (Å²) in [6.45, 7) is 4.22. The fourth-order valence-electron chi connectivity index (χ4n) is 2.12. The summed E-state index contributed by atoms with van der Waals surface area (Å²) in [7, 11) is 0. The van der Waals surface area contributed by atoms with Crippen molar-refractivity contribution in [1.82, 2.24) is 0 Å². The van der Waals surface area contributed by atoms with Gasteiger partial charge in [0.2, 0.25) is 0 Å². The van der Waals surface area contributed by atoms with E-state index < -0.39 is 11.9 Å². The van der Waals surface area contributed by atoms with Crippen molar-refractivity contribution in [1.29, 1.82) is 0 Å². The maximum atomic E-state index is 12.1. The van der Waals surface area contributed by atoms with E-state index in [1.54, 1.807) is 19.9 Å². The zero-order chi connectivity index (χ0) is 17.4. The molecule has 126 valence electrons. The minimum absolute atomic E-state index is 0.140. The molecule has 0 heterocycles. The van der Waals surface area contributed by atoms with Crippen LogP contribution in [0.3, 0.4) is 0 Å². The second-order valence-corrected chi connectivity index (χ2v) is 4.92. The molecule has 0 aliphatic carbocycles. The van der Waals surface area contributed by atoms with Crippen LogP contribution in [0.5, 0.6) is 5.75 Å². The molecule has 0 aromatic heterocycles. The third-order valence-electron chi connectivity index (χ3n) is 3.23. The van der Waals surface area contributed by atoms with E-state index in [0.29, 0.717) is 12.4 Å². The van der Waals surface area contributed by atoms with Gasteiger partial charge in [0.1, 0.15) is 12.4 Å². The Morgan fingerprint density at radius 2 is 1.46 bits per heavy atom. The molecule has 0 N–H and O–H groups in total. The predicted octanol–water partition coefficient (Wildman–Crippen LogP) is 3.62. The van der Waals surface area contributed by atoms with Gasteiger partial charge in [-0.3, -0.25) is 0 Å². The topological polar surface area (TPSA) is 61.8 Å². The van der Waals surface area contributed by atoms with Crippen LogP contribution in [-0.2, 0) is 16.1 Å². The first-order valence-electron chi connectivity index (χ1n) is 7.80. The molecule has 24 heavy (non-hydrogen) atoms. The molecule has 0 radical (unpaired) electrons. The van der Waals surface area contributed by atoms with Crippen molar-refractivity contribution in [3.05, 3.63) is 65.2 Å². The van der Waals surface area contributed by atoms with Gasteiger partial charge in [0.25, 0.3) is 0 Å². The van der Waals surface area contributed by atoms with Gasteiger partial charge in [0, 0.05) is 0 Å². The third kappa shape index (κ3) is 4.59. The van der Waals surface area contributed by atoms with Crippen molar-refractivity contribution in [2.45, 2.75) is 20.5 Å². The summed E-state index contributed by atoms with van der Waals surface area (Å²) in [4.78, 5) is 24.1. The van der Waals surface area contributed by atoms with Crippen LogP contribution < -0.4 is 4.74 Å². The van der Waals surface area contributed by atoms with Crippen LogP contribution in [0.2, 0.25) is 0 Å². The first kappa shape index (κ1) is 17.5. The van der Waals surface area contributed by atoms with Crippen molar-refractivity contribution in [2.24, 2.45) is 0 Å². The van der Waals surface area contributed by atoms with Gasteiger partial charge in [-0.2, -0.15) is 0 Å². The molecule has 5 heteroatoms. The van der Waals surface area contributed by atoms with Crippen molar-refractivity contribution in [3.8, 4) is 5.75 Å². The van der Waals surface area contributed by atoms with Crippen LogP contribution in [0.25, 0.3) is 0 Å². The molecule has 0 saturated carbocycles. The van der Waals surface area contributed by atoms with Crippen LogP contribution >= 0.6 is 0 Å². The Morgan fingerprint density at radius 3 is 2.08 bits per heavy atom. The molecule has 0 fully saturated rings. The number of esters is 2. The Bertz CT molecular complexity index is 694. The molecular weight excluding hydrogens is 308 g/mol. The van der Waals surface area contributed by atoms with E-state index in [1.165, 1.54) is 12.1 Å². The van der Waals surface area contributed by atoms with E-state index in [-0.39, 0.29) is 24.3 Å². The SMILES string of the molecule is CCOC(=O)c1ccc(OCc2ccccc2)cc1C(=O)OCC. The molecule has 5 nitrogen and oxygen atoms in total. The summed E-state index contributed by atoms with van der Waals surface area (Å²) < 4.78 is 15.7. The highest BCUT2D eigenvalue weighted by molar-refractivity contribution is 6.03. The van der Waals surface area contributed by atoms with E-state index in [0.717, 1.165) is 5.56 Å². The Labute approximate surface area is 141 Å². The summed E-state index contributed by atoms with van der Waals surface area (Å²) in [5.74, 6) is -0.657. The molecule has 0 saturated heterocycles. The molecule has 0 aliphatic heterocycles. The summed E-state index contributed by atoms with van der Waals surface area (Å²) in [5.41, 5.74) is 1.31. The lowest BCUT2D eigenvalue weighted by Gasteiger charge is -2.11. The molecule has 0 atom stereocenters. The number of rotatable bonds is 7. The maximum absolute atomic E-state index is 12.1. The average Bonchev–Trinajstić information content (AvgIpc) is 2.61. The van der Waals surface area contributed by atoms with Crippen LogP contribution in [0.15, 0.2) is 48.5 Å².